The number of carbonyl (C=O) groups is 1. The summed E-state index contributed by atoms with van der Waals surface area (Å²) in [5, 5.41) is 4.76. The number of amides is 1. The van der Waals surface area contributed by atoms with Crippen molar-refractivity contribution in [3.8, 4) is 11.1 Å². The first kappa shape index (κ1) is 18.1. The van der Waals surface area contributed by atoms with Crippen molar-refractivity contribution in [3.05, 3.63) is 82.2 Å². The van der Waals surface area contributed by atoms with Gasteiger partial charge in [-0.25, -0.2) is 4.98 Å². The van der Waals surface area contributed by atoms with Crippen LogP contribution in [0.5, 0.6) is 0 Å². The van der Waals surface area contributed by atoms with Gasteiger partial charge in [0.15, 0.2) is 0 Å². The maximum Gasteiger partial charge on any atom is 0.271 e. The Labute approximate surface area is 166 Å². The van der Waals surface area contributed by atoms with Crippen LogP contribution in [-0.2, 0) is 17.8 Å². The number of nitrogens with zero attached hydrogens (tertiary/aromatic N) is 2. The predicted octanol–water partition coefficient (Wildman–Crippen LogP) is 4.33. The normalized spacial score (nSPS) is 10.9. The average Bonchev–Trinajstić information content (AvgIpc) is 3.16. The van der Waals surface area contributed by atoms with Crippen molar-refractivity contribution in [2.24, 2.45) is 0 Å². The summed E-state index contributed by atoms with van der Waals surface area (Å²) in [5.74, 6) is -0.257. The lowest BCUT2D eigenvalue weighted by molar-refractivity contribution is -0.116. The molecule has 6 heteroatoms. The van der Waals surface area contributed by atoms with Crippen molar-refractivity contribution in [2.45, 2.75) is 19.9 Å². The minimum absolute atomic E-state index is 0.0735. The highest BCUT2D eigenvalue weighted by Crippen LogP contribution is 2.30. The highest BCUT2D eigenvalue weighted by Gasteiger charge is 2.14. The molecule has 0 saturated carbocycles. The molecule has 4 aromatic rings. The summed E-state index contributed by atoms with van der Waals surface area (Å²) < 4.78 is 1.91. The van der Waals surface area contributed by atoms with Crippen molar-refractivity contribution in [1.29, 1.82) is 0 Å². The molecule has 1 N–H and O–H groups in total. The Kier molecular flexibility index (Phi) is 5.04. The minimum atomic E-state index is -0.257. The molecule has 0 aliphatic carbocycles. The van der Waals surface area contributed by atoms with Gasteiger partial charge in [-0.15, -0.1) is 11.3 Å². The summed E-state index contributed by atoms with van der Waals surface area (Å²) in [6.07, 6.45) is 2.39. The van der Waals surface area contributed by atoms with E-state index in [2.05, 4.69) is 17.2 Å². The summed E-state index contributed by atoms with van der Waals surface area (Å²) in [5.41, 5.74) is 4.35. The Morgan fingerprint density at radius 1 is 1.11 bits per heavy atom. The topological polar surface area (TPSA) is 64.0 Å². The molecule has 2 aromatic heterocycles. The van der Waals surface area contributed by atoms with Gasteiger partial charge < -0.3 is 5.32 Å². The van der Waals surface area contributed by atoms with Gasteiger partial charge in [-0.2, -0.15) is 0 Å². The molecule has 0 unspecified atom stereocenters. The molecule has 0 radical (unpaired) electrons. The maximum absolute atomic E-state index is 12.8. The molecular weight excluding hydrogens is 370 g/mol. The Morgan fingerprint density at radius 3 is 2.57 bits per heavy atom. The standard InChI is InChI=1S/C22H19N3O2S/c1-2-15-8-10-17(11-9-15)24-19(26)12-25-14-23-20-18(13-28-21(20)22(25)27)16-6-4-3-5-7-16/h3-11,13-14H,2,12H2,1H3,(H,24,26). The van der Waals surface area contributed by atoms with Crippen LogP contribution in [-0.4, -0.2) is 15.5 Å². The van der Waals surface area contributed by atoms with Crippen molar-refractivity contribution >= 4 is 33.1 Å². The number of hydrogen-bond donors (Lipinski definition) is 1. The van der Waals surface area contributed by atoms with Gasteiger partial charge >= 0.3 is 0 Å². The van der Waals surface area contributed by atoms with E-state index in [9.17, 15) is 9.59 Å². The van der Waals surface area contributed by atoms with E-state index in [0.717, 1.165) is 17.5 Å². The predicted molar refractivity (Wildman–Crippen MR) is 114 cm³/mol. The van der Waals surface area contributed by atoms with Crippen molar-refractivity contribution in [1.82, 2.24) is 9.55 Å². The number of thiophene rings is 1. The van der Waals surface area contributed by atoms with Crippen molar-refractivity contribution < 1.29 is 4.79 Å². The van der Waals surface area contributed by atoms with Gasteiger partial charge in [-0.05, 0) is 29.7 Å². The zero-order valence-corrected chi connectivity index (χ0v) is 16.2. The van der Waals surface area contributed by atoms with Crippen LogP contribution in [0.3, 0.4) is 0 Å². The van der Waals surface area contributed by atoms with Crippen molar-refractivity contribution in [3.63, 3.8) is 0 Å². The third-order valence-corrected chi connectivity index (χ3v) is 5.55. The molecule has 0 aliphatic heterocycles. The molecule has 0 fully saturated rings. The van der Waals surface area contributed by atoms with Crippen LogP contribution in [0.1, 0.15) is 12.5 Å². The monoisotopic (exact) mass is 389 g/mol. The second-order valence-electron chi connectivity index (χ2n) is 6.47. The number of anilines is 1. The molecular formula is C22H19N3O2S. The van der Waals surface area contributed by atoms with Crippen LogP contribution in [0.4, 0.5) is 5.69 Å². The number of fused-ring (bicyclic) bond motifs is 1. The molecule has 0 saturated heterocycles. The lowest BCUT2D eigenvalue weighted by Crippen LogP contribution is -2.27. The fourth-order valence-corrected chi connectivity index (χ4v) is 4.03. The van der Waals surface area contributed by atoms with E-state index in [1.165, 1.54) is 27.8 Å². The quantitative estimate of drug-likeness (QED) is 0.553. The van der Waals surface area contributed by atoms with Crippen LogP contribution in [0.15, 0.2) is 71.1 Å². The van der Waals surface area contributed by atoms with Crippen LogP contribution >= 0.6 is 11.3 Å². The number of rotatable bonds is 5. The minimum Gasteiger partial charge on any atom is -0.325 e. The zero-order valence-electron chi connectivity index (χ0n) is 15.4. The van der Waals surface area contributed by atoms with E-state index >= 15 is 0 Å². The maximum atomic E-state index is 12.8. The smallest absolute Gasteiger partial charge is 0.271 e. The fraction of sp³-hybridized carbons (Fsp3) is 0.136. The first-order chi connectivity index (χ1) is 13.7. The number of aromatic nitrogens is 2. The molecule has 4 rings (SSSR count). The third kappa shape index (κ3) is 3.59. The summed E-state index contributed by atoms with van der Waals surface area (Å²) >= 11 is 1.36. The van der Waals surface area contributed by atoms with E-state index in [-0.39, 0.29) is 18.0 Å². The third-order valence-electron chi connectivity index (χ3n) is 4.59. The van der Waals surface area contributed by atoms with E-state index in [0.29, 0.717) is 15.9 Å². The van der Waals surface area contributed by atoms with Gasteiger partial charge in [0.2, 0.25) is 5.91 Å². The number of carbonyl (C=O) groups excluding carboxylic acids is 1. The molecule has 0 atom stereocenters. The first-order valence-corrected chi connectivity index (χ1v) is 9.94. The summed E-state index contributed by atoms with van der Waals surface area (Å²) in [4.78, 5) is 29.6. The van der Waals surface area contributed by atoms with Gasteiger partial charge in [-0.1, -0.05) is 49.4 Å². The highest BCUT2D eigenvalue weighted by atomic mass is 32.1. The van der Waals surface area contributed by atoms with Crippen molar-refractivity contribution in [2.75, 3.05) is 5.32 Å². The highest BCUT2D eigenvalue weighted by molar-refractivity contribution is 7.17. The average molecular weight is 389 g/mol. The van der Waals surface area contributed by atoms with Gasteiger partial charge in [0.25, 0.3) is 5.56 Å². The first-order valence-electron chi connectivity index (χ1n) is 9.06. The molecule has 2 heterocycles. The zero-order chi connectivity index (χ0) is 19.5. The molecule has 2 aromatic carbocycles. The van der Waals surface area contributed by atoms with Crippen LogP contribution in [0.25, 0.3) is 21.3 Å². The lowest BCUT2D eigenvalue weighted by atomic mass is 10.1. The summed E-state index contributed by atoms with van der Waals surface area (Å²) in [6.45, 7) is 2.01. The molecule has 0 bridgehead atoms. The number of hydrogen-bond acceptors (Lipinski definition) is 4. The number of benzene rings is 2. The molecule has 28 heavy (non-hydrogen) atoms. The van der Waals surface area contributed by atoms with Crippen LogP contribution in [0.2, 0.25) is 0 Å². The molecule has 5 nitrogen and oxygen atoms in total. The summed E-state index contributed by atoms with van der Waals surface area (Å²) in [7, 11) is 0. The van der Waals surface area contributed by atoms with E-state index < -0.39 is 0 Å². The van der Waals surface area contributed by atoms with Gasteiger partial charge in [0.05, 0.1) is 11.8 Å². The van der Waals surface area contributed by atoms with Gasteiger partial charge in [0.1, 0.15) is 11.2 Å². The second kappa shape index (κ2) is 7.78. The second-order valence-corrected chi connectivity index (χ2v) is 7.35. The molecule has 1 amide bonds. The fourth-order valence-electron chi connectivity index (χ4n) is 3.06. The van der Waals surface area contributed by atoms with Gasteiger partial charge in [0, 0.05) is 16.6 Å². The van der Waals surface area contributed by atoms with Crippen LogP contribution in [0, 0.1) is 0 Å². The number of nitrogens with one attached hydrogen (secondary N) is 1. The van der Waals surface area contributed by atoms with E-state index in [4.69, 9.17) is 0 Å². The molecule has 0 aliphatic rings. The lowest BCUT2D eigenvalue weighted by Gasteiger charge is -2.08. The Balaban J connectivity index is 1.56. The van der Waals surface area contributed by atoms with Gasteiger partial charge in [-0.3, -0.25) is 14.2 Å². The summed E-state index contributed by atoms with van der Waals surface area (Å²) in [6, 6.07) is 17.5. The Morgan fingerprint density at radius 2 is 1.86 bits per heavy atom. The van der Waals surface area contributed by atoms with E-state index in [1.807, 2.05) is 60.0 Å². The SMILES string of the molecule is CCc1ccc(NC(=O)Cn2cnc3c(-c4ccccc4)csc3c2=O)cc1. The largest absolute Gasteiger partial charge is 0.325 e. The van der Waals surface area contributed by atoms with Crippen LogP contribution < -0.4 is 10.9 Å². The molecule has 0 spiro atoms. The Hall–Kier alpha value is -3.25. The van der Waals surface area contributed by atoms with E-state index in [1.54, 1.807) is 0 Å². The Bertz CT molecular complexity index is 1180. The molecule has 140 valence electrons. The number of aryl methyl sites for hydroxylation is 1.